The quantitative estimate of drug-likeness (QED) is 0.825. The van der Waals surface area contributed by atoms with Gasteiger partial charge in [-0.2, -0.15) is 0 Å². The van der Waals surface area contributed by atoms with Crippen LogP contribution in [-0.4, -0.2) is 18.1 Å². The predicted molar refractivity (Wildman–Crippen MR) is 72.5 cm³/mol. The van der Waals surface area contributed by atoms with Crippen LogP contribution in [0.25, 0.3) is 15.3 Å². The highest BCUT2D eigenvalue weighted by Crippen LogP contribution is 2.34. The van der Waals surface area contributed by atoms with Gasteiger partial charge in [-0.25, -0.2) is 9.64 Å². The highest BCUT2D eigenvalue weighted by atomic mass is 32.1. The number of anilines is 1. The van der Waals surface area contributed by atoms with Crippen LogP contribution in [0.3, 0.4) is 0 Å². The monoisotopic (exact) mass is 258 g/mol. The maximum absolute atomic E-state index is 10.8. The third kappa shape index (κ3) is 2.19. The van der Waals surface area contributed by atoms with Crippen LogP contribution in [-0.2, 0) is 0 Å². The number of aromatic carboxylic acids is 1. The molecule has 1 aromatic carbocycles. The minimum Gasteiger partial charge on any atom is -0.477 e. The second kappa shape index (κ2) is 4.90. The molecule has 1 heterocycles. The number of hydrogen-bond donors (Lipinski definition) is 2. The van der Waals surface area contributed by atoms with Gasteiger partial charge in [0.25, 0.3) is 0 Å². The Balaban J connectivity index is 2.45. The lowest BCUT2D eigenvalue weighted by Gasteiger charge is -2.05. The average molecular weight is 258 g/mol. The van der Waals surface area contributed by atoms with E-state index in [1.807, 2.05) is 12.1 Å². The van der Waals surface area contributed by atoms with Crippen molar-refractivity contribution in [2.24, 2.45) is 0 Å². The van der Waals surface area contributed by atoms with Gasteiger partial charge in [0.2, 0.25) is 5.69 Å². The van der Waals surface area contributed by atoms with Crippen LogP contribution >= 0.6 is 11.3 Å². The Morgan fingerprint density at radius 1 is 1.39 bits per heavy atom. The number of benzene rings is 1. The normalized spacial score (nSPS) is 9.78. The second-order valence-corrected chi connectivity index (χ2v) is 4.65. The largest absolute Gasteiger partial charge is 0.477 e. The van der Waals surface area contributed by atoms with Crippen molar-refractivity contribution in [1.29, 1.82) is 0 Å². The number of nitrogens with one attached hydrogen (secondary N) is 1. The molecule has 0 saturated carbocycles. The summed E-state index contributed by atoms with van der Waals surface area (Å²) in [5, 5.41) is 11.8. The molecule has 2 rings (SSSR count). The number of carbonyl (C=O) groups is 1. The third-order valence-corrected chi connectivity index (χ3v) is 3.61. The first-order valence-electron chi connectivity index (χ1n) is 5.18. The van der Waals surface area contributed by atoms with E-state index >= 15 is 0 Å². The Hall–Kier alpha value is -2.32. The molecule has 0 radical (unpaired) electrons. The van der Waals surface area contributed by atoms with Crippen LogP contribution in [0, 0.1) is 6.57 Å². The fourth-order valence-electron chi connectivity index (χ4n) is 1.60. The highest BCUT2D eigenvalue weighted by Gasteiger charge is 2.10. The van der Waals surface area contributed by atoms with E-state index in [2.05, 4.69) is 10.2 Å². The van der Waals surface area contributed by atoms with E-state index in [1.165, 1.54) is 11.3 Å². The topological polar surface area (TPSA) is 53.7 Å². The summed E-state index contributed by atoms with van der Waals surface area (Å²) >= 11 is 1.20. The van der Waals surface area contributed by atoms with Gasteiger partial charge in [-0.1, -0.05) is 6.07 Å². The number of hydrogen-bond acceptors (Lipinski definition) is 3. The van der Waals surface area contributed by atoms with Crippen molar-refractivity contribution in [2.75, 3.05) is 12.4 Å². The molecule has 0 aliphatic rings. The van der Waals surface area contributed by atoms with Crippen molar-refractivity contribution in [3.8, 4) is 10.4 Å². The zero-order chi connectivity index (χ0) is 13.1. The summed E-state index contributed by atoms with van der Waals surface area (Å²) < 4.78 is 0. The summed E-state index contributed by atoms with van der Waals surface area (Å²) in [4.78, 5) is 15.4. The fourth-order valence-corrected chi connectivity index (χ4v) is 2.44. The molecule has 90 valence electrons. The Bertz CT molecular complexity index is 641. The molecule has 0 amide bonds. The summed E-state index contributed by atoms with van der Waals surface area (Å²) in [5.41, 5.74) is 2.15. The first kappa shape index (κ1) is 12.1. The van der Waals surface area contributed by atoms with E-state index in [1.54, 1.807) is 25.2 Å². The Morgan fingerprint density at radius 2 is 2.17 bits per heavy atom. The van der Waals surface area contributed by atoms with Crippen LogP contribution < -0.4 is 5.32 Å². The number of thiophene rings is 1. The molecule has 0 atom stereocenters. The van der Waals surface area contributed by atoms with Gasteiger partial charge in [0.15, 0.2) is 0 Å². The van der Waals surface area contributed by atoms with Crippen LogP contribution in [0.15, 0.2) is 30.3 Å². The number of carboxylic acid groups (broad SMARTS) is 1. The molecule has 0 aliphatic heterocycles. The van der Waals surface area contributed by atoms with E-state index in [9.17, 15) is 4.79 Å². The van der Waals surface area contributed by atoms with Crippen LogP contribution in [0.2, 0.25) is 0 Å². The van der Waals surface area contributed by atoms with Gasteiger partial charge in [-0.15, -0.1) is 11.3 Å². The molecule has 0 unspecified atom stereocenters. The summed E-state index contributed by atoms with van der Waals surface area (Å²) in [6.45, 7) is 7.11. The Morgan fingerprint density at radius 3 is 2.72 bits per heavy atom. The standard InChI is InChI=1S/C13H10N2O2S/c1-14-9-4-3-8(7-10(9)15-2)11-5-6-12(18-11)13(16)17/h3-7,14H,1H3,(H,16,17). The summed E-state index contributed by atoms with van der Waals surface area (Å²) in [6.07, 6.45) is 0. The first-order valence-corrected chi connectivity index (χ1v) is 6.00. The van der Waals surface area contributed by atoms with Crippen LogP contribution in [0.5, 0.6) is 0 Å². The minimum absolute atomic E-state index is 0.298. The van der Waals surface area contributed by atoms with Crippen molar-refractivity contribution in [3.05, 3.63) is 46.6 Å². The lowest BCUT2D eigenvalue weighted by atomic mass is 10.1. The van der Waals surface area contributed by atoms with Gasteiger partial charge < -0.3 is 10.4 Å². The highest BCUT2D eigenvalue weighted by molar-refractivity contribution is 7.17. The van der Waals surface area contributed by atoms with E-state index in [-0.39, 0.29) is 0 Å². The lowest BCUT2D eigenvalue weighted by Crippen LogP contribution is -1.89. The summed E-state index contributed by atoms with van der Waals surface area (Å²) in [5.74, 6) is -0.927. The van der Waals surface area contributed by atoms with Crippen molar-refractivity contribution < 1.29 is 9.90 Å². The third-order valence-electron chi connectivity index (χ3n) is 2.49. The molecule has 4 nitrogen and oxygen atoms in total. The number of nitrogens with zero attached hydrogens (tertiary/aromatic N) is 1. The van der Waals surface area contributed by atoms with Gasteiger partial charge >= 0.3 is 5.97 Å². The lowest BCUT2D eigenvalue weighted by molar-refractivity contribution is 0.0702. The fraction of sp³-hybridized carbons (Fsp3) is 0.0769. The molecule has 18 heavy (non-hydrogen) atoms. The molecule has 0 saturated heterocycles. The van der Waals surface area contributed by atoms with Crippen molar-refractivity contribution in [1.82, 2.24) is 0 Å². The smallest absolute Gasteiger partial charge is 0.345 e. The van der Waals surface area contributed by atoms with Gasteiger partial charge in [0, 0.05) is 17.6 Å². The molecule has 2 aromatic rings. The maximum atomic E-state index is 10.8. The molecular weight excluding hydrogens is 248 g/mol. The number of rotatable bonds is 3. The molecule has 0 aliphatic carbocycles. The Kier molecular flexibility index (Phi) is 3.31. The van der Waals surface area contributed by atoms with Gasteiger partial charge in [-0.05, 0) is 29.8 Å². The minimum atomic E-state index is -0.927. The molecular formula is C13H10N2O2S. The Labute approximate surface area is 108 Å². The summed E-state index contributed by atoms with van der Waals surface area (Å²) in [7, 11) is 1.76. The van der Waals surface area contributed by atoms with E-state index in [0.29, 0.717) is 10.6 Å². The second-order valence-electron chi connectivity index (χ2n) is 3.56. The van der Waals surface area contributed by atoms with Crippen molar-refractivity contribution >= 4 is 28.7 Å². The molecule has 0 bridgehead atoms. The van der Waals surface area contributed by atoms with E-state index in [4.69, 9.17) is 11.7 Å². The number of carboxylic acids is 1. The molecule has 0 fully saturated rings. The van der Waals surface area contributed by atoms with Crippen molar-refractivity contribution in [3.63, 3.8) is 0 Å². The molecule has 2 N–H and O–H groups in total. The maximum Gasteiger partial charge on any atom is 0.345 e. The van der Waals surface area contributed by atoms with Gasteiger partial charge in [0.1, 0.15) is 4.88 Å². The summed E-state index contributed by atoms with van der Waals surface area (Å²) in [6, 6.07) is 8.79. The SMILES string of the molecule is [C-]#[N+]c1cc(-c2ccc(C(=O)O)s2)ccc1NC. The van der Waals surface area contributed by atoms with Crippen LogP contribution in [0.4, 0.5) is 11.4 Å². The van der Waals surface area contributed by atoms with E-state index < -0.39 is 5.97 Å². The molecule has 0 spiro atoms. The van der Waals surface area contributed by atoms with Gasteiger partial charge in [-0.3, -0.25) is 0 Å². The van der Waals surface area contributed by atoms with E-state index in [0.717, 1.165) is 16.1 Å². The zero-order valence-corrected chi connectivity index (χ0v) is 10.4. The average Bonchev–Trinajstić information content (AvgIpc) is 2.87. The first-order chi connectivity index (χ1) is 8.65. The predicted octanol–water partition coefficient (Wildman–Crippen LogP) is 3.71. The van der Waals surface area contributed by atoms with Crippen LogP contribution in [0.1, 0.15) is 9.67 Å². The van der Waals surface area contributed by atoms with Crippen molar-refractivity contribution in [2.45, 2.75) is 0 Å². The van der Waals surface area contributed by atoms with Gasteiger partial charge in [0.05, 0.1) is 6.57 Å². The molecule has 1 aromatic heterocycles. The zero-order valence-electron chi connectivity index (χ0n) is 9.60. The molecule has 5 heteroatoms.